The van der Waals surface area contributed by atoms with Gasteiger partial charge in [-0.15, -0.1) is 12.4 Å². The van der Waals surface area contributed by atoms with E-state index < -0.39 is 6.04 Å². The van der Waals surface area contributed by atoms with Crippen molar-refractivity contribution in [1.29, 1.82) is 0 Å². The molecule has 2 saturated heterocycles. The van der Waals surface area contributed by atoms with Gasteiger partial charge >= 0.3 is 0 Å². The number of hydrogen-bond donors (Lipinski definition) is 2. The van der Waals surface area contributed by atoms with E-state index in [0.29, 0.717) is 11.5 Å². The zero-order chi connectivity index (χ0) is 23.3. The van der Waals surface area contributed by atoms with E-state index in [9.17, 15) is 9.59 Å². The van der Waals surface area contributed by atoms with Crippen LogP contribution in [-0.4, -0.2) is 59.3 Å². The molecule has 5 rings (SSSR count). The maximum Gasteiger partial charge on any atom is 0.252 e. The summed E-state index contributed by atoms with van der Waals surface area (Å²) in [4.78, 5) is 34.5. The van der Waals surface area contributed by atoms with Crippen LogP contribution in [0.3, 0.4) is 0 Å². The molecule has 3 heterocycles. The van der Waals surface area contributed by atoms with Crippen molar-refractivity contribution in [2.45, 2.75) is 38.1 Å². The molecule has 7 heteroatoms. The summed E-state index contributed by atoms with van der Waals surface area (Å²) < 4.78 is 0. The van der Waals surface area contributed by atoms with Crippen molar-refractivity contribution >= 4 is 35.1 Å². The van der Waals surface area contributed by atoms with Gasteiger partial charge in [0.25, 0.3) is 5.91 Å². The van der Waals surface area contributed by atoms with E-state index in [4.69, 9.17) is 0 Å². The Labute approximate surface area is 213 Å². The summed E-state index contributed by atoms with van der Waals surface area (Å²) in [5.74, 6) is 0.398. The summed E-state index contributed by atoms with van der Waals surface area (Å²) in [5, 5.41) is 4.08. The number of likely N-dealkylation sites (tertiary alicyclic amines) is 2. The standard InChI is InChI=1S/C28H34N4O2.ClH/c33-27(24-10-9-22-11-14-29-25(22)19-24)30-26(23-7-3-1-4-8-23)28(34)32-17-12-21(13-18-32)20-31-15-5-2-6-16-31;/h1,3-4,7-11,14,19,21,26,29H,2,5-6,12-13,15-18,20H2,(H,30,33);1H/t26-;/m1./s1. The van der Waals surface area contributed by atoms with Crippen LogP contribution in [0, 0.1) is 5.92 Å². The number of aromatic amines is 1. The molecule has 0 aliphatic carbocycles. The molecule has 186 valence electrons. The Morgan fingerprint density at radius 3 is 2.43 bits per heavy atom. The molecule has 0 spiro atoms. The predicted molar refractivity (Wildman–Crippen MR) is 142 cm³/mol. The largest absolute Gasteiger partial charge is 0.361 e. The zero-order valence-corrected chi connectivity index (χ0v) is 20.9. The fraction of sp³-hybridized carbons (Fsp3) is 0.429. The first kappa shape index (κ1) is 25.3. The Balaban J connectivity index is 0.00000289. The lowest BCUT2D eigenvalue weighted by Gasteiger charge is -2.37. The van der Waals surface area contributed by atoms with Crippen molar-refractivity contribution in [3.63, 3.8) is 0 Å². The molecule has 0 saturated carbocycles. The Kier molecular flexibility index (Phi) is 8.47. The van der Waals surface area contributed by atoms with Gasteiger partial charge in [-0.05, 0) is 73.8 Å². The van der Waals surface area contributed by atoms with E-state index >= 15 is 0 Å². The molecular weight excluding hydrogens is 460 g/mol. The van der Waals surface area contributed by atoms with Crippen LogP contribution in [0.15, 0.2) is 60.8 Å². The van der Waals surface area contributed by atoms with Crippen LogP contribution < -0.4 is 5.32 Å². The first-order valence-electron chi connectivity index (χ1n) is 12.6. The van der Waals surface area contributed by atoms with E-state index in [1.807, 2.05) is 65.7 Å². The van der Waals surface area contributed by atoms with Crippen LogP contribution in [0.4, 0.5) is 0 Å². The maximum atomic E-state index is 13.6. The van der Waals surface area contributed by atoms with Gasteiger partial charge in [0.05, 0.1) is 0 Å². The molecule has 2 aromatic carbocycles. The number of halogens is 1. The fourth-order valence-corrected chi connectivity index (χ4v) is 5.36. The lowest BCUT2D eigenvalue weighted by atomic mass is 9.94. The second kappa shape index (κ2) is 11.7. The molecule has 6 nitrogen and oxygen atoms in total. The van der Waals surface area contributed by atoms with E-state index in [1.54, 1.807) is 0 Å². The number of rotatable bonds is 6. The number of H-pyrrole nitrogens is 1. The zero-order valence-electron chi connectivity index (χ0n) is 20.1. The van der Waals surface area contributed by atoms with E-state index in [1.165, 1.54) is 32.4 Å². The molecule has 35 heavy (non-hydrogen) atoms. The highest BCUT2D eigenvalue weighted by atomic mass is 35.5. The third kappa shape index (κ3) is 6.06. The number of fused-ring (bicyclic) bond motifs is 1. The summed E-state index contributed by atoms with van der Waals surface area (Å²) in [6.07, 6.45) is 7.90. The predicted octanol–water partition coefficient (Wildman–Crippen LogP) is 4.79. The first-order chi connectivity index (χ1) is 16.7. The average Bonchev–Trinajstić information content (AvgIpc) is 3.36. The Hall–Kier alpha value is -2.83. The van der Waals surface area contributed by atoms with Gasteiger partial charge in [0.15, 0.2) is 0 Å². The minimum absolute atomic E-state index is 0. The number of aromatic nitrogens is 1. The van der Waals surface area contributed by atoms with Crippen molar-refractivity contribution in [2.24, 2.45) is 5.92 Å². The van der Waals surface area contributed by atoms with Crippen molar-refractivity contribution in [1.82, 2.24) is 20.1 Å². The van der Waals surface area contributed by atoms with Crippen molar-refractivity contribution in [3.8, 4) is 0 Å². The summed E-state index contributed by atoms with van der Waals surface area (Å²) in [6, 6.07) is 16.4. The van der Waals surface area contributed by atoms with Crippen molar-refractivity contribution in [3.05, 3.63) is 71.9 Å². The van der Waals surface area contributed by atoms with E-state index in [0.717, 1.165) is 48.9 Å². The second-order valence-electron chi connectivity index (χ2n) is 9.73. The van der Waals surface area contributed by atoms with Crippen LogP contribution in [0.2, 0.25) is 0 Å². The highest BCUT2D eigenvalue weighted by molar-refractivity contribution is 6.00. The van der Waals surface area contributed by atoms with E-state index in [-0.39, 0.29) is 24.2 Å². The number of nitrogens with zero attached hydrogens (tertiary/aromatic N) is 2. The molecule has 2 N–H and O–H groups in total. The van der Waals surface area contributed by atoms with Gasteiger partial charge in [0.2, 0.25) is 5.91 Å². The van der Waals surface area contributed by atoms with Gasteiger partial charge in [-0.1, -0.05) is 42.8 Å². The molecule has 2 amide bonds. The number of nitrogens with one attached hydrogen (secondary N) is 2. The van der Waals surface area contributed by atoms with Gasteiger partial charge in [-0.2, -0.15) is 0 Å². The molecule has 3 aromatic rings. The highest BCUT2D eigenvalue weighted by Gasteiger charge is 2.31. The number of carbonyl (C=O) groups excluding carboxylic acids is 2. The molecule has 0 unspecified atom stereocenters. The normalized spacial score (nSPS) is 18.1. The third-order valence-corrected chi connectivity index (χ3v) is 7.36. The highest BCUT2D eigenvalue weighted by Crippen LogP contribution is 2.24. The number of hydrogen-bond acceptors (Lipinski definition) is 3. The van der Waals surface area contributed by atoms with Gasteiger partial charge in [0, 0.05) is 36.9 Å². The molecule has 1 aromatic heterocycles. The minimum Gasteiger partial charge on any atom is -0.361 e. The summed E-state index contributed by atoms with van der Waals surface area (Å²) in [5.41, 5.74) is 2.27. The summed E-state index contributed by atoms with van der Waals surface area (Å²) >= 11 is 0. The number of carbonyl (C=O) groups is 2. The van der Waals surface area contributed by atoms with Crippen LogP contribution in [0.1, 0.15) is 54.1 Å². The third-order valence-electron chi connectivity index (χ3n) is 7.36. The van der Waals surface area contributed by atoms with Gasteiger partial charge in [-0.3, -0.25) is 9.59 Å². The van der Waals surface area contributed by atoms with Crippen molar-refractivity contribution < 1.29 is 9.59 Å². The number of benzene rings is 2. The van der Waals surface area contributed by atoms with Crippen molar-refractivity contribution in [2.75, 3.05) is 32.7 Å². The average molecular weight is 495 g/mol. The monoisotopic (exact) mass is 494 g/mol. The summed E-state index contributed by atoms with van der Waals surface area (Å²) in [6.45, 7) is 5.10. The smallest absolute Gasteiger partial charge is 0.252 e. The molecule has 2 aliphatic rings. The van der Waals surface area contributed by atoms with Gasteiger partial charge in [0.1, 0.15) is 6.04 Å². The first-order valence-corrected chi connectivity index (χ1v) is 12.6. The quantitative estimate of drug-likeness (QED) is 0.518. The molecular formula is C28H35ClN4O2. The molecule has 1 atom stereocenters. The Bertz CT molecular complexity index is 1120. The van der Waals surface area contributed by atoms with Gasteiger partial charge in [-0.25, -0.2) is 0 Å². The van der Waals surface area contributed by atoms with Crippen LogP contribution in [0.25, 0.3) is 10.9 Å². The lowest BCUT2D eigenvalue weighted by Crippen LogP contribution is -2.47. The second-order valence-corrected chi connectivity index (χ2v) is 9.73. The molecule has 2 aliphatic heterocycles. The topological polar surface area (TPSA) is 68.4 Å². The van der Waals surface area contributed by atoms with E-state index in [2.05, 4.69) is 15.2 Å². The van der Waals surface area contributed by atoms with Crippen LogP contribution in [0.5, 0.6) is 0 Å². The summed E-state index contributed by atoms with van der Waals surface area (Å²) in [7, 11) is 0. The Morgan fingerprint density at radius 2 is 1.69 bits per heavy atom. The van der Waals surface area contributed by atoms with Crippen LogP contribution in [-0.2, 0) is 4.79 Å². The molecule has 0 bridgehead atoms. The Morgan fingerprint density at radius 1 is 0.943 bits per heavy atom. The minimum atomic E-state index is -0.688. The molecule has 0 radical (unpaired) electrons. The maximum absolute atomic E-state index is 13.6. The fourth-order valence-electron chi connectivity index (χ4n) is 5.36. The molecule has 2 fully saturated rings. The van der Waals surface area contributed by atoms with Gasteiger partial charge < -0.3 is 20.1 Å². The SMILES string of the molecule is Cl.O=C(N[C@@H](C(=O)N1CCC(CN2CCCCC2)CC1)c1ccccc1)c1ccc2cc[nH]c2c1. The van der Waals surface area contributed by atoms with Crippen LogP contribution >= 0.6 is 12.4 Å². The number of piperidine rings is 2. The lowest BCUT2D eigenvalue weighted by molar-refractivity contribution is -0.135. The number of amides is 2.